The number of rotatable bonds is 1. The number of hydrogen-bond donors (Lipinski definition) is 1. The summed E-state index contributed by atoms with van der Waals surface area (Å²) in [5.74, 6) is 0. The number of ether oxygens (including phenoxy) is 1. The van der Waals surface area contributed by atoms with Crippen LogP contribution in [0.5, 0.6) is 0 Å². The molecule has 0 saturated carbocycles. The van der Waals surface area contributed by atoms with E-state index in [1.807, 2.05) is 0 Å². The van der Waals surface area contributed by atoms with E-state index in [2.05, 4.69) is 10.5 Å². The Labute approximate surface area is 123 Å². The molecule has 0 fully saturated rings. The van der Waals surface area contributed by atoms with Gasteiger partial charge in [0, 0.05) is 0 Å². The van der Waals surface area contributed by atoms with Gasteiger partial charge in [-0.15, -0.1) is 0 Å². The predicted molar refractivity (Wildman–Crippen MR) is 60.0 cm³/mol. The van der Waals surface area contributed by atoms with Crippen LogP contribution < -0.4 is 5.73 Å². The van der Waals surface area contributed by atoms with Crippen molar-refractivity contribution in [3.8, 4) is 0 Å². The maximum absolute atomic E-state index is 12.9. The molecule has 17 heavy (non-hydrogen) atoms. The molecule has 102 valence electrons. The number of amides is 1. The molecule has 0 unspecified atom stereocenters. The third-order valence-electron chi connectivity index (χ3n) is 1.45. The smallest absolute Gasteiger partial charge is 0.424 e. The van der Waals surface area contributed by atoms with E-state index in [-0.39, 0.29) is 0 Å². The van der Waals surface area contributed by atoms with E-state index in [0.29, 0.717) is 0 Å². The van der Waals surface area contributed by atoms with Gasteiger partial charge in [0.2, 0.25) is 7.59 Å². The van der Waals surface area contributed by atoms with Gasteiger partial charge >= 0.3 is 17.9 Å². The van der Waals surface area contributed by atoms with Gasteiger partial charge in [-0.25, -0.2) is 4.79 Å². The Kier molecular flexibility index (Phi) is 5.29. The fraction of sp³-hybridized carbons (Fsp3) is 0.800. The van der Waals surface area contributed by atoms with Crippen molar-refractivity contribution in [3.63, 3.8) is 0 Å². The Balaban J connectivity index is 6.02. The molecule has 1 amide bonds. The summed E-state index contributed by atoms with van der Waals surface area (Å²) in [4.78, 5) is 10.5. The van der Waals surface area contributed by atoms with Crippen LogP contribution in [-0.2, 0) is 4.74 Å². The summed E-state index contributed by atoms with van der Waals surface area (Å²) in [6.45, 7) is 0. The highest BCUT2D eigenvalue weighted by atomic mass is 35.6. The van der Waals surface area contributed by atoms with E-state index in [1.54, 1.807) is 0 Å². The van der Waals surface area contributed by atoms with Gasteiger partial charge in [0.25, 0.3) is 0 Å². The lowest BCUT2D eigenvalue weighted by Crippen LogP contribution is -2.66. The molecule has 0 aromatic carbocycles. The largest absolute Gasteiger partial charge is 0.437 e. The third-order valence-corrected chi connectivity index (χ3v) is 3.05. The van der Waals surface area contributed by atoms with Gasteiger partial charge in [-0.05, 0) is 0 Å². The van der Waals surface area contributed by atoms with Crippen LogP contribution in [0.25, 0.3) is 0 Å². The second kappa shape index (κ2) is 5.06. The van der Waals surface area contributed by atoms with Crippen LogP contribution in [0.1, 0.15) is 0 Å². The first-order chi connectivity index (χ1) is 7.17. The standard InChI is InChI=1S/C5H2Cl6F3NO2/c6-3(7,8)2(4(9,10)11,5(12,13)14)17-1(15)16/h(H2,15,16). The Hall–Kier alpha value is 0.800. The minimum atomic E-state index is -5.50. The zero-order chi connectivity index (χ0) is 14.3. The van der Waals surface area contributed by atoms with E-state index >= 15 is 0 Å². The molecular formula is C5H2Cl6F3NO2. The van der Waals surface area contributed by atoms with E-state index in [4.69, 9.17) is 69.6 Å². The van der Waals surface area contributed by atoms with Crippen LogP contribution in [0.2, 0.25) is 0 Å². The van der Waals surface area contributed by atoms with Crippen molar-refractivity contribution in [1.29, 1.82) is 0 Å². The van der Waals surface area contributed by atoms with Crippen molar-refractivity contribution in [3.05, 3.63) is 0 Å². The normalized spacial score (nSPS) is 14.6. The van der Waals surface area contributed by atoms with E-state index in [0.717, 1.165) is 0 Å². The summed E-state index contributed by atoms with van der Waals surface area (Å²) in [5, 5.41) is 0. The predicted octanol–water partition coefficient (Wildman–Crippen LogP) is 4.12. The van der Waals surface area contributed by atoms with E-state index in [1.165, 1.54) is 0 Å². The van der Waals surface area contributed by atoms with Gasteiger partial charge in [-0.3, -0.25) is 0 Å². The summed E-state index contributed by atoms with van der Waals surface area (Å²) in [6, 6.07) is 0. The van der Waals surface area contributed by atoms with Gasteiger partial charge < -0.3 is 10.5 Å². The molecule has 2 N–H and O–H groups in total. The van der Waals surface area contributed by atoms with Crippen LogP contribution in [0.4, 0.5) is 18.0 Å². The van der Waals surface area contributed by atoms with Crippen molar-refractivity contribution in [2.24, 2.45) is 5.73 Å². The summed E-state index contributed by atoms with van der Waals surface area (Å²) in [6.07, 6.45) is -7.43. The molecule has 3 nitrogen and oxygen atoms in total. The lowest BCUT2D eigenvalue weighted by molar-refractivity contribution is -0.254. The quantitative estimate of drug-likeness (QED) is 0.699. The molecule has 0 aromatic heterocycles. The summed E-state index contributed by atoms with van der Waals surface area (Å²) < 4.78 is 35.8. The highest BCUT2D eigenvalue weighted by Gasteiger charge is 2.79. The third kappa shape index (κ3) is 3.42. The summed E-state index contributed by atoms with van der Waals surface area (Å²) in [5.41, 5.74) is 0.408. The van der Waals surface area contributed by atoms with Crippen LogP contribution in [0, 0.1) is 0 Å². The number of carbonyl (C=O) groups is 1. The fourth-order valence-corrected chi connectivity index (χ4v) is 2.97. The molecule has 0 aliphatic carbocycles. The van der Waals surface area contributed by atoms with Crippen LogP contribution in [-0.4, -0.2) is 25.5 Å². The number of alkyl halides is 9. The first-order valence-corrected chi connectivity index (χ1v) is 5.62. The number of primary amides is 1. The Morgan fingerprint density at radius 2 is 1.24 bits per heavy atom. The van der Waals surface area contributed by atoms with E-state index < -0.39 is 25.5 Å². The zero-order valence-corrected chi connectivity index (χ0v) is 11.8. The molecule has 0 aliphatic heterocycles. The zero-order valence-electron chi connectivity index (χ0n) is 7.30. The highest BCUT2D eigenvalue weighted by Crippen LogP contribution is 2.60. The molecule has 0 radical (unpaired) electrons. The molecule has 0 heterocycles. The van der Waals surface area contributed by atoms with Gasteiger partial charge in [0.1, 0.15) is 0 Å². The molecule has 0 atom stereocenters. The lowest BCUT2D eigenvalue weighted by atomic mass is 10.1. The van der Waals surface area contributed by atoms with Crippen LogP contribution >= 0.6 is 69.6 Å². The molecule has 12 heteroatoms. The molecule has 0 bridgehead atoms. The SMILES string of the molecule is NC(=O)OC(C(F)(F)F)(C(Cl)(Cl)Cl)C(Cl)(Cl)Cl. The van der Waals surface area contributed by atoms with Gasteiger partial charge in [0.05, 0.1) is 0 Å². The lowest BCUT2D eigenvalue weighted by Gasteiger charge is -2.43. The Morgan fingerprint density at radius 3 is 1.29 bits per heavy atom. The molecule has 0 aromatic rings. The topological polar surface area (TPSA) is 52.3 Å². The molecule has 0 aliphatic rings. The number of halogens is 9. The minimum absolute atomic E-state index is 1.93. The van der Waals surface area contributed by atoms with Gasteiger partial charge in [-0.2, -0.15) is 13.2 Å². The van der Waals surface area contributed by atoms with E-state index in [9.17, 15) is 18.0 Å². The van der Waals surface area contributed by atoms with Crippen molar-refractivity contribution in [2.75, 3.05) is 0 Å². The maximum Gasteiger partial charge on any atom is 0.437 e. The van der Waals surface area contributed by atoms with Crippen molar-refractivity contribution in [1.82, 2.24) is 0 Å². The summed E-state index contributed by atoms with van der Waals surface area (Å²) in [7, 11) is 0. The fourth-order valence-electron chi connectivity index (χ4n) is 0.807. The van der Waals surface area contributed by atoms with Crippen molar-refractivity contribution in [2.45, 2.75) is 19.4 Å². The second-order valence-electron chi connectivity index (χ2n) is 2.60. The van der Waals surface area contributed by atoms with Crippen LogP contribution in [0.15, 0.2) is 0 Å². The average molecular weight is 378 g/mol. The molecule has 0 rings (SSSR count). The first-order valence-electron chi connectivity index (χ1n) is 3.35. The number of nitrogens with two attached hydrogens (primary N) is 1. The monoisotopic (exact) mass is 375 g/mol. The second-order valence-corrected chi connectivity index (χ2v) is 7.16. The first kappa shape index (κ1) is 17.8. The molecular weight excluding hydrogens is 376 g/mol. The van der Waals surface area contributed by atoms with Crippen molar-refractivity contribution >= 4 is 75.7 Å². The maximum atomic E-state index is 12.9. The van der Waals surface area contributed by atoms with Crippen molar-refractivity contribution < 1.29 is 22.7 Å². The molecule has 0 saturated heterocycles. The highest BCUT2D eigenvalue weighted by molar-refractivity contribution is 6.74. The Bertz CT molecular complexity index is 272. The minimum Gasteiger partial charge on any atom is -0.424 e. The number of carbonyl (C=O) groups excluding carboxylic acids is 1. The average Bonchev–Trinajstić information content (AvgIpc) is 1.91. The van der Waals surface area contributed by atoms with Gasteiger partial charge in [0.15, 0.2) is 0 Å². The van der Waals surface area contributed by atoms with Gasteiger partial charge in [-0.1, -0.05) is 69.6 Å². The Morgan fingerprint density at radius 1 is 0.941 bits per heavy atom. The molecule has 0 spiro atoms. The van der Waals surface area contributed by atoms with Crippen LogP contribution in [0.3, 0.4) is 0 Å². The summed E-state index contributed by atoms with van der Waals surface area (Å²) >= 11 is 30.6. The number of hydrogen-bond acceptors (Lipinski definition) is 2.